The molecule has 0 radical (unpaired) electrons. The number of carbonyl (C=O) groups excluding carboxylic acids is 1. The molecule has 0 bridgehead atoms. The highest BCUT2D eigenvalue weighted by Gasteiger charge is 2.24. The van der Waals surface area contributed by atoms with Crippen LogP contribution in [0.2, 0.25) is 0 Å². The Bertz CT molecular complexity index is 241. The van der Waals surface area contributed by atoms with E-state index in [0.717, 1.165) is 12.8 Å². The van der Waals surface area contributed by atoms with Crippen molar-refractivity contribution in [2.75, 3.05) is 0 Å². The summed E-state index contributed by atoms with van der Waals surface area (Å²) < 4.78 is 0. The average molecular weight is 223 g/mol. The molecule has 2 heteroatoms. The second kappa shape index (κ2) is 6.72. The number of rotatable bonds is 5. The SMILES string of the molecule is C=C(C)C(=O)NC(CCC)C1CCCCC1. The minimum absolute atomic E-state index is 0.0315. The highest BCUT2D eigenvalue weighted by Crippen LogP contribution is 2.28. The van der Waals surface area contributed by atoms with Crippen molar-refractivity contribution in [2.45, 2.75) is 64.8 Å². The van der Waals surface area contributed by atoms with Gasteiger partial charge in [0.1, 0.15) is 0 Å². The Kier molecular flexibility index (Phi) is 5.58. The Morgan fingerprint density at radius 2 is 2.00 bits per heavy atom. The molecule has 2 nitrogen and oxygen atoms in total. The van der Waals surface area contributed by atoms with Crippen molar-refractivity contribution < 1.29 is 4.79 Å². The molecule has 0 spiro atoms. The standard InChI is InChI=1S/C14H25NO/c1-4-8-13(15-14(16)11(2)3)12-9-6-5-7-10-12/h12-13H,2,4-10H2,1,3H3,(H,15,16). The summed E-state index contributed by atoms with van der Waals surface area (Å²) in [5.41, 5.74) is 0.622. The molecule has 1 aliphatic carbocycles. The van der Waals surface area contributed by atoms with Crippen LogP contribution in [-0.2, 0) is 4.79 Å². The van der Waals surface area contributed by atoms with Crippen LogP contribution in [0, 0.1) is 5.92 Å². The van der Waals surface area contributed by atoms with E-state index in [1.807, 2.05) is 0 Å². The van der Waals surface area contributed by atoms with Crippen LogP contribution >= 0.6 is 0 Å². The van der Waals surface area contributed by atoms with E-state index < -0.39 is 0 Å². The van der Waals surface area contributed by atoms with Crippen molar-refractivity contribution in [3.8, 4) is 0 Å². The van der Waals surface area contributed by atoms with Crippen LogP contribution < -0.4 is 5.32 Å². The third-order valence-electron chi connectivity index (χ3n) is 3.52. The van der Waals surface area contributed by atoms with Gasteiger partial charge in [0.2, 0.25) is 5.91 Å². The molecule has 0 aromatic heterocycles. The van der Waals surface area contributed by atoms with Gasteiger partial charge in [-0.25, -0.2) is 0 Å². The molecule has 1 rings (SSSR count). The minimum atomic E-state index is 0.0315. The molecule has 0 heterocycles. The molecule has 0 saturated heterocycles. The van der Waals surface area contributed by atoms with Crippen LogP contribution in [0.4, 0.5) is 0 Å². The van der Waals surface area contributed by atoms with Crippen molar-refractivity contribution in [1.29, 1.82) is 0 Å². The second-order valence-electron chi connectivity index (χ2n) is 5.05. The van der Waals surface area contributed by atoms with Crippen LogP contribution in [0.3, 0.4) is 0 Å². The predicted molar refractivity (Wildman–Crippen MR) is 68.2 cm³/mol. The van der Waals surface area contributed by atoms with Gasteiger partial charge in [0, 0.05) is 11.6 Å². The van der Waals surface area contributed by atoms with E-state index in [4.69, 9.17) is 0 Å². The zero-order chi connectivity index (χ0) is 12.0. The monoisotopic (exact) mass is 223 g/mol. The first-order chi connectivity index (χ1) is 7.65. The molecule has 1 unspecified atom stereocenters. The fourth-order valence-electron chi connectivity index (χ4n) is 2.56. The fourth-order valence-corrected chi connectivity index (χ4v) is 2.56. The Labute approximate surface area is 99.5 Å². The van der Waals surface area contributed by atoms with Crippen LogP contribution in [0.1, 0.15) is 58.8 Å². The van der Waals surface area contributed by atoms with E-state index in [1.165, 1.54) is 32.1 Å². The van der Waals surface area contributed by atoms with Crippen molar-refractivity contribution >= 4 is 5.91 Å². The van der Waals surface area contributed by atoms with Gasteiger partial charge < -0.3 is 5.32 Å². The van der Waals surface area contributed by atoms with E-state index >= 15 is 0 Å². The van der Waals surface area contributed by atoms with Crippen LogP contribution in [0.25, 0.3) is 0 Å². The first-order valence-corrected chi connectivity index (χ1v) is 6.61. The van der Waals surface area contributed by atoms with Crippen LogP contribution in [-0.4, -0.2) is 11.9 Å². The van der Waals surface area contributed by atoms with Gasteiger partial charge in [-0.15, -0.1) is 0 Å². The van der Waals surface area contributed by atoms with Gasteiger partial charge in [-0.3, -0.25) is 4.79 Å². The van der Waals surface area contributed by atoms with Gasteiger partial charge in [-0.1, -0.05) is 39.2 Å². The molecule has 1 fully saturated rings. The molecule has 16 heavy (non-hydrogen) atoms. The third-order valence-corrected chi connectivity index (χ3v) is 3.52. The van der Waals surface area contributed by atoms with E-state index in [2.05, 4.69) is 18.8 Å². The molecular weight excluding hydrogens is 198 g/mol. The lowest BCUT2D eigenvalue weighted by atomic mass is 9.82. The summed E-state index contributed by atoms with van der Waals surface area (Å²) in [6.07, 6.45) is 8.81. The summed E-state index contributed by atoms with van der Waals surface area (Å²) in [5, 5.41) is 3.15. The Morgan fingerprint density at radius 1 is 1.38 bits per heavy atom. The first-order valence-electron chi connectivity index (χ1n) is 6.61. The molecule has 1 aliphatic rings. The second-order valence-corrected chi connectivity index (χ2v) is 5.05. The summed E-state index contributed by atoms with van der Waals surface area (Å²) in [6, 6.07) is 0.370. The molecule has 0 aliphatic heterocycles. The van der Waals surface area contributed by atoms with Gasteiger partial charge in [0.05, 0.1) is 0 Å². The molecule has 92 valence electrons. The summed E-state index contributed by atoms with van der Waals surface area (Å²) in [6.45, 7) is 7.66. The minimum Gasteiger partial charge on any atom is -0.349 e. The lowest BCUT2D eigenvalue weighted by Gasteiger charge is -2.31. The maximum atomic E-state index is 11.7. The van der Waals surface area contributed by atoms with Gasteiger partial charge in [-0.2, -0.15) is 0 Å². The normalized spacial score (nSPS) is 19.1. The number of carbonyl (C=O) groups is 1. The quantitative estimate of drug-likeness (QED) is 0.711. The number of hydrogen-bond acceptors (Lipinski definition) is 1. The Balaban J connectivity index is 2.51. The molecule has 1 N–H and O–H groups in total. The maximum absolute atomic E-state index is 11.7. The van der Waals surface area contributed by atoms with Gasteiger partial charge in [-0.05, 0) is 32.1 Å². The van der Waals surface area contributed by atoms with E-state index in [9.17, 15) is 4.79 Å². The summed E-state index contributed by atoms with van der Waals surface area (Å²) in [4.78, 5) is 11.7. The van der Waals surface area contributed by atoms with Gasteiger partial charge >= 0.3 is 0 Å². The summed E-state index contributed by atoms with van der Waals surface area (Å²) in [5.74, 6) is 0.723. The molecule has 1 atom stereocenters. The smallest absolute Gasteiger partial charge is 0.246 e. The van der Waals surface area contributed by atoms with Crippen molar-refractivity contribution in [2.24, 2.45) is 5.92 Å². The van der Waals surface area contributed by atoms with E-state index in [0.29, 0.717) is 17.5 Å². The molecule has 0 aromatic rings. The number of nitrogens with one attached hydrogen (secondary N) is 1. The van der Waals surface area contributed by atoms with Crippen LogP contribution in [0.15, 0.2) is 12.2 Å². The highest BCUT2D eigenvalue weighted by atomic mass is 16.1. The molecule has 1 amide bonds. The van der Waals surface area contributed by atoms with Crippen molar-refractivity contribution in [3.05, 3.63) is 12.2 Å². The lowest BCUT2D eigenvalue weighted by Crippen LogP contribution is -2.41. The third kappa shape index (κ3) is 3.99. The first kappa shape index (κ1) is 13.3. The summed E-state index contributed by atoms with van der Waals surface area (Å²) in [7, 11) is 0. The fraction of sp³-hybridized carbons (Fsp3) is 0.786. The number of amides is 1. The predicted octanol–water partition coefficient (Wildman–Crippen LogP) is 3.43. The van der Waals surface area contributed by atoms with E-state index in [-0.39, 0.29) is 5.91 Å². The highest BCUT2D eigenvalue weighted by molar-refractivity contribution is 5.92. The topological polar surface area (TPSA) is 29.1 Å². The van der Waals surface area contributed by atoms with Gasteiger partial charge in [0.25, 0.3) is 0 Å². The lowest BCUT2D eigenvalue weighted by molar-refractivity contribution is -0.118. The molecule has 1 saturated carbocycles. The van der Waals surface area contributed by atoms with Crippen molar-refractivity contribution in [3.63, 3.8) is 0 Å². The zero-order valence-electron chi connectivity index (χ0n) is 10.7. The number of hydrogen-bond donors (Lipinski definition) is 1. The largest absolute Gasteiger partial charge is 0.349 e. The van der Waals surface area contributed by atoms with Crippen LogP contribution in [0.5, 0.6) is 0 Å². The average Bonchev–Trinajstić information content (AvgIpc) is 2.29. The molecular formula is C14H25NO. The maximum Gasteiger partial charge on any atom is 0.246 e. The Hall–Kier alpha value is -0.790. The molecule has 0 aromatic carbocycles. The Morgan fingerprint density at radius 3 is 2.50 bits per heavy atom. The summed E-state index contributed by atoms with van der Waals surface area (Å²) >= 11 is 0. The van der Waals surface area contributed by atoms with Gasteiger partial charge in [0.15, 0.2) is 0 Å². The van der Waals surface area contributed by atoms with Crippen molar-refractivity contribution in [1.82, 2.24) is 5.32 Å². The zero-order valence-corrected chi connectivity index (χ0v) is 10.7. The van der Waals surface area contributed by atoms with E-state index in [1.54, 1.807) is 6.92 Å².